The molecule has 0 aliphatic heterocycles. The molecule has 0 saturated carbocycles. The molecule has 2 aromatic carbocycles. The molecule has 2 rings (SSSR count). The second-order valence-corrected chi connectivity index (χ2v) is 4.13. The number of methoxy groups -OCH3 is 1. The predicted octanol–water partition coefficient (Wildman–Crippen LogP) is 3.44. The van der Waals surface area contributed by atoms with Gasteiger partial charge in [0.05, 0.1) is 7.11 Å². The molecule has 0 atom stereocenters. The topological polar surface area (TPSA) is 46.5 Å². The van der Waals surface area contributed by atoms with Gasteiger partial charge in [-0.1, -0.05) is 0 Å². The Hall–Kier alpha value is -2.62. The van der Waals surface area contributed by atoms with E-state index in [1.54, 1.807) is 12.1 Å². The molecule has 3 nitrogen and oxygen atoms in total. The quantitative estimate of drug-likeness (QED) is 0.685. The minimum atomic E-state index is -0.384. The molecule has 4 heteroatoms. The lowest BCUT2D eigenvalue weighted by Gasteiger charge is -2.04. The molecule has 102 valence electrons. The SMILES string of the molecule is COc1cc(O)ccc1/C=C/C(=O)c1ccc(F)cc1. The van der Waals surface area contributed by atoms with E-state index in [4.69, 9.17) is 4.74 Å². The molecule has 0 fully saturated rings. The van der Waals surface area contributed by atoms with Crippen LogP contribution in [0.15, 0.2) is 48.5 Å². The highest BCUT2D eigenvalue weighted by Crippen LogP contribution is 2.24. The minimum Gasteiger partial charge on any atom is -0.508 e. The maximum absolute atomic E-state index is 12.8. The van der Waals surface area contributed by atoms with Crippen LogP contribution in [0.3, 0.4) is 0 Å². The second kappa shape index (κ2) is 6.02. The molecule has 0 aliphatic carbocycles. The van der Waals surface area contributed by atoms with Crippen molar-refractivity contribution in [2.45, 2.75) is 0 Å². The molecule has 0 bridgehead atoms. The van der Waals surface area contributed by atoms with Gasteiger partial charge in [0.25, 0.3) is 0 Å². The van der Waals surface area contributed by atoms with Crippen LogP contribution >= 0.6 is 0 Å². The highest BCUT2D eigenvalue weighted by molar-refractivity contribution is 6.06. The largest absolute Gasteiger partial charge is 0.508 e. The number of hydrogen-bond donors (Lipinski definition) is 1. The number of carbonyl (C=O) groups excluding carboxylic acids is 1. The van der Waals surface area contributed by atoms with Gasteiger partial charge in [-0.15, -0.1) is 0 Å². The normalized spacial score (nSPS) is 10.7. The van der Waals surface area contributed by atoms with Gasteiger partial charge < -0.3 is 9.84 Å². The van der Waals surface area contributed by atoms with E-state index in [0.29, 0.717) is 16.9 Å². The fourth-order valence-corrected chi connectivity index (χ4v) is 1.71. The predicted molar refractivity (Wildman–Crippen MR) is 74.4 cm³/mol. The number of ether oxygens (including phenoxy) is 1. The maximum atomic E-state index is 12.8. The highest BCUT2D eigenvalue weighted by atomic mass is 19.1. The van der Waals surface area contributed by atoms with Crippen LogP contribution in [0, 0.1) is 5.82 Å². The van der Waals surface area contributed by atoms with Crippen molar-refractivity contribution in [3.05, 3.63) is 65.5 Å². The fourth-order valence-electron chi connectivity index (χ4n) is 1.71. The molecule has 0 unspecified atom stereocenters. The molecule has 2 aromatic rings. The van der Waals surface area contributed by atoms with Crippen LogP contribution in [0.4, 0.5) is 4.39 Å². The van der Waals surface area contributed by atoms with Crippen LogP contribution in [0.25, 0.3) is 6.08 Å². The van der Waals surface area contributed by atoms with Crippen LogP contribution in [0.5, 0.6) is 11.5 Å². The van der Waals surface area contributed by atoms with Gasteiger partial charge in [-0.2, -0.15) is 0 Å². The van der Waals surface area contributed by atoms with Crippen LogP contribution in [-0.4, -0.2) is 18.0 Å². The van der Waals surface area contributed by atoms with Crippen LogP contribution < -0.4 is 4.74 Å². The van der Waals surface area contributed by atoms with E-state index in [1.165, 1.54) is 49.6 Å². The molecule has 0 saturated heterocycles. The molecule has 0 heterocycles. The second-order valence-electron chi connectivity index (χ2n) is 4.13. The first-order valence-electron chi connectivity index (χ1n) is 5.95. The van der Waals surface area contributed by atoms with Gasteiger partial charge in [0.15, 0.2) is 5.78 Å². The van der Waals surface area contributed by atoms with Crippen molar-refractivity contribution in [1.29, 1.82) is 0 Å². The Morgan fingerprint density at radius 1 is 1.20 bits per heavy atom. The lowest BCUT2D eigenvalue weighted by molar-refractivity contribution is 0.104. The summed E-state index contributed by atoms with van der Waals surface area (Å²) in [6, 6.07) is 9.94. The first-order valence-corrected chi connectivity index (χ1v) is 5.95. The summed E-state index contributed by atoms with van der Waals surface area (Å²) < 4.78 is 17.9. The standard InChI is InChI=1S/C16H13FO3/c1-20-16-10-14(18)8-4-12(16)5-9-15(19)11-2-6-13(17)7-3-11/h2-10,18H,1H3/b9-5+. The number of ketones is 1. The molecule has 0 radical (unpaired) electrons. The molecular weight excluding hydrogens is 259 g/mol. The summed E-state index contributed by atoms with van der Waals surface area (Å²) in [7, 11) is 1.48. The number of aromatic hydroxyl groups is 1. The van der Waals surface area contributed by atoms with Crippen molar-refractivity contribution in [3.8, 4) is 11.5 Å². The summed E-state index contributed by atoms with van der Waals surface area (Å²) in [5.74, 6) is -0.0668. The average Bonchev–Trinajstić information content (AvgIpc) is 2.46. The van der Waals surface area contributed by atoms with Crippen LogP contribution in [0.2, 0.25) is 0 Å². The number of rotatable bonds is 4. The van der Waals surface area contributed by atoms with Crippen molar-refractivity contribution in [2.75, 3.05) is 7.11 Å². The first-order chi connectivity index (χ1) is 9.60. The lowest BCUT2D eigenvalue weighted by Crippen LogP contribution is -1.94. The van der Waals surface area contributed by atoms with E-state index in [9.17, 15) is 14.3 Å². The highest BCUT2D eigenvalue weighted by Gasteiger charge is 2.04. The summed E-state index contributed by atoms with van der Waals surface area (Å²) in [5.41, 5.74) is 1.07. The van der Waals surface area contributed by atoms with E-state index in [1.807, 2.05) is 0 Å². The van der Waals surface area contributed by atoms with Crippen LogP contribution in [-0.2, 0) is 0 Å². The van der Waals surface area contributed by atoms with Gasteiger partial charge in [-0.05, 0) is 48.6 Å². The van der Waals surface area contributed by atoms with Gasteiger partial charge in [-0.3, -0.25) is 4.79 Å². The van der Waals surface area contributed by atoms with Crippen molar-refractivity contribution in [1.82, 2.24) is 0 Å². The van der Waals surface area contributed by atoms with E-state index < -0.39 is 0 Å². The smallest absolute Gasteiger partial charge is 0.185 e. The first kappa shape index (κ1) is 13.8. The number of phenolic OH excluding ortho intramolecular Hbond substituents is 1. The molecule has 0 aromatic heterocycles. The van der Waals surface area contributed by atoms with Crippen molar-refractivity contribution in [3.63, 3.8) is 0 Å². The Morgan fingerprint density at radius 3 is 2.55 bits per heavy atom. The van der Waals surface area contributed by atoms with Gasteiger partial charge in [0.1, 0.15) is 17.3 Å². The molecule has 0 amide bonds. The van der Waals surface area contributed by atoms with Crippen LogP contribution in [0.1, 0.15) is 15.9 Å². The molecular formula is C16H13FO3. The van der Waals surface area contributed by atoms with Gasteiger partial charge >= 0.3 is 0 Å². The molecule has 0 aliphatic rings. The molecule has 1 N–H and O–H groups in total. The fraction of sp³-hybridized carbons (Fsp3) is 0.0625. The third kappa shape index (κ3) is 3.23. The van der Waals surface area contributed by atoms with Crippen molar-refractivity contribution < 1.29 is 19.0 Å². The lowest BCUT2D eigenvalue weighted by atomic mass is 10.1. The zero-order chi connectivity index (χ0) is 14.5. The van der Waals surface area contributed by atoms with E-state index in [0.717, 1.165) is 0 Å². The zero-order valence-electron chi connectivity index (χ0n) is 10.8. The van der Waals surface area contributed by atoms with E-state index >= 15 is 0 Å². The number of benzene rings is 2. The third-order valence-electron chi connectivity index (χ3n) is 2.76. The summed E-state index contributed by atoms with van der Waals surface area (Å²) >= 11 is 0. The Bertz CT molecular complexity index is 645. The van der Waals surface area contributed by atoms with E-state index in [2.05, 4.69) is 0 Å². The zero-order valence-corrected chi connectivity index (χ0v) is 10.8. The monoisotopic (exact) mass is 272 g/mol. The number of carbonyl (C=O) groups is 1. The molecule has 0 spiro atoms. The number of phenols is 1. The summed E-state index contributed by atoms with van der Waals surface area (Å²) in [5, 5.41) is 9.34. The van der Waals surface area contributed by atoms with E-state index in [-0.39, 0.29) is 17.3 Å². The Balaban J connectivity index is 2.21. The van der Waals surface area contributed by atoms with Gasteiger partial charge in [0.2, 0.25) is 0 Å². The Labute approximate surface area is 115 Å². The average molecular weight is 272 g/mol. The van der Waals surface area contributed by atoms with Gasteiger partial charge in [-0.25, -0.2) is 4.39 Å². The maximum Gasteiger partial charge on any atom is 0.185 e. The molecule has 20 heavy (non-hydrogen) atoms. The summed E-state index contributed by atoms with van der Waals surface area (Å²) in [4.78, 5) is 11.9. The van der Waals surface area contributed by atoms with Crippen molar-refractivity contribution in [2.24, 2.45) is 0 Å². The summed E-state index contributed by atoms with van der Waals surface area (Å²) in [6.45, 7) is 0. The minimum absolute atomic E-state index is 0.0869. The number of hydrogen-bond acceptors (Lipinski definition) is 3. The third-order valence-corrected chi connectivity index (χ3v) is 2.76. The van der Waals surface area contributed by atoms with Gasteiger partial charge in [0, 0.05) is 17.2 Å². The summed E-state index contributed by atoms with van der Waals surface area (Å²) in [6.07, 6.45) is 2.96. The number of halogens is 1. The Morgan fingerprint density at radius 2 is 1.90 bits per heavy atom. The Kier molecular flexibility index (Phi) is 4.15. The van der Waals surface area contributed by atoms with Crippen molar-refractivity contribution >= 4 is 11.9 Å². The number of allylic oxidation sites excluding steroid dienone is 1.